The lowest BCUT2D eigenvalue weighted by Crippen LogP contribution is -2.06. The molecule has 0 aliphatic rings. The van der Waals surface area contributed by atoms with Crippen LogP contribution >= 0.6 is 0 Å². The Balaban J connectivity index is 2.88. The number of aryl methyl sites for hydroxylation is 1. The molecule has 1 rings (SSSR count). The van der Waals surface area contributed by atoms with Crippen molar-refractivity contribution in [1.29, 1.82) is 0 Å². The standard InChI is InChI=1S/C10H15NO2/c1-7-2-3-8(10(13)6-7)9(12)4-5-11/h2-3,6,9,12-13H,4-5,11H2,1H3. The van der Waals surface area contributed by atoms with Crippen LogP contribution in [0.25, 0.3) is 0 Å². The highest BCUT2D eigenvalue weighted by molar-refractivity contribution is 5.37. The number of rotatable bonds is 3. The van der Waals surface area contributed by atoms with E-state index in [-0.39, 0.29) is 5.75 Å². The minimum absolute atomic E-state index is 0.140. The van der Waals surface area contributed by atoms with Crippen molar-refractivity contribution in [2.24, 2.45) is 5.73 Å². The van der Waals surface area contributed by atoms with Crippen LogP contribution < -0.4 is 5.73 Å². The van der Waals surface area contributed by atoms with E-state index in [0.717, 1.165) is 5.56 Å². The first-order chi connectivity index (χ1) is 6.15. The van der Waals surface area contributed by atoms with Gasteiger partial charge in [-0.2, -0.15) is 0 Å². The van der Waals surface area contributed by atoms with Gasteiger partial charge in [0.15, 0.2) is 0 Å². The maximum Gasteiger partial charge on any atom is 0.121 e. The number of benzene rings is 1. The molecule has 0 aliphatic carbocycles. The van der Waals surface area contributed by atoms with Crippen molar-refractivity contribution in [2.45, 2.75) is 19.4 Å². The van der Waals surface area contributed by atoms with Crippen LogP contribution in [0.1, 0.15) is 23.7 Å². The normalized spacial score (nSPS) is 12.8. The highest BCUT2D eigenvalue weighted by Gasteiger charge is 2.10. The first kappa shape index (κ1) is 10.0. The molecule has 1 atom stereocenters. The van der Waals surface area contributed by atoms with Crippen LogP contribution in [-0.4, -0.2) is 16.8 Å². The molecule has 0 spiro atoms. The Kier molecular flexibility index (Phi) is 3.28. The number of aliphatic hydroxyl groups is 1. The number of phenolic OH excluding ortho intramolecular Hbond substituents is 1. The van der Waals surface area contributed by atoms with Crippen molar-refractivity contribution < 1.29 is 10.2 Å². The van der Waals surface area contributed by atoms with Crippen molar-refractivity contribution in [2.75, 3.05) is 6.54 Å². The zero-order valence-corrected chi connectivity index (χ0v) is 7.70. The first-order valence-electron chi connectivity index (χ1n) is 4.33. The summed E-state index contributed by atoms with van der Waals surface area (Å²) in [4.78, 5) is 0. The minimum Gasteiger partial charge on any atom is -0.508 e. The monoisotopic (exact) mass is 181 g/mol. The molecule has 0 fully saturated rings. The van der Waals surface area contributed by atoms with Crippen LogP contribution in [0.2, 0.25) is 0 Å². The van der Waals surface area contributed by atoms with Crippen molar-refractivity contribution in [3.63, 3.8) is 0 Å². The van der Waals surface area contributed by atoms with Gasteiger partial charge in [0.2, 0.25) is 0 Å². The Hall–Kier alpha value is -1.06. The molecule has 0 bridgehead atoms. The molecule has 1 aromatic rings. The number of phenols is 1. The van der Waals surface area contributed by atoms with Gasteiger partial charge in [0.05, 0.1) is 6.10 Å². The molecule has 13 heavy (non-hydrogen) atoms. The molecule has 1 aromatic carbocycles. The molecule has 0 amide bonds. The lowest BCUT2D eigenvalue weighted by atomic mass is 10.0. The van der Waals surface area contributed by atoms with Crippen LogP contribution in [-0.2, 0) is 0 Å². The molecule has 72 valence electrons. The third-order valence-electron chi connectivity index (χ3n) is 1.99. The van der Waals surface area contributed by atoms with E-state index in [0.29, 0.717) is 18.5 Å². The van der Waals surface area contributed by atoms with Gasteiger partial charge in [-0.05, 0) is 31.5 Å². The quantitative estimate of drug-likeness (QED) is 0.653. The van der Waals surface area contributed by atoms with Crippen LogP contribution in [0.4, 0.5) is 0 Å². The SMILES string of the molecule is Cc1ccc(C(O)CCN)c(O)c1. The summed E-state index contributed by atoms with van der Waals surface area (Å²) >= 11 is 0. The Morgan fingerprint density at radius 1 is 1.46 bits per heavy atom. The fourth-order valence-corrected chi connectivity index (χ4v) is 1.25. The second-order valence-electron chi connectivity index (χ2n) is 3.16. The number of aromatic hydroxyl groups is 1. The topological polar surface area (TPSA) is 66.5 Å². The van der Waals surface area contributed by atoms with Crippen LogP contribution in [0, 0.1) is 6.92 Å². The zero-order valence-electron chi connectivity index (χ0n) is 7.70. The van der Waals surface area contributed by atoms with E-state index in [1.54, 1.807) is 12.1 Å². The van der Waals surface area contributed by atoms with E-state index in [2.05, 4.69) is 0 Å². The van der Waals surface area contributed by atoms with Crippen molar-refractivity contribution >= 4 is 0 Å². The molecule has 0 saturated carbocycles. The Morgan fingerprint density at radius 3 is 2.69 bits per heavy atom. The molecule has 0 heterocycles. The fourth-order valence-electron chi connectivity index (χ4n) is 1.25. The third kappa shape index (κ3) is 2.44. The number of nitrogens with two attached hydrogens (primary N) is 1. The molecule has 3 heteroatoms. The largest absolute Gasteiger partial charge is 0.508 e. The highest BCUT2D eigenvalue weighted by atomic mass is 16.3. The molecular formula is C10H15NO2. The van der Waals surface area contributed by atoms with Gasteiger partial charge in [0.1, 0.15) is 5.75 Å². The maximum atomic E-state index is 9.55. The van der Waals surface area contributed by atoms with E-state index in [1.165, 1.54) is 0 Å². The molecule has 4 N–H and O–H groups in total. The van der Waals surface area contributed by atoms with E-state index in [4.69, 9.17) is 5.73 Å². The Morgan fingerprint density at radius 2 is 2.15 bits per heavy atom. The van der Waals surface area contributed by atoms with Gasteiger partial charge in [-0.3, -0.25) is 0 Å². The second kappa shape index (κ2) is 4.25. The van der Waals surface area contributed by atoms with Gasteiger partial charge in [0.25, 0.3) is 0 Å². The van der Waals surface area contributed by atoms with Crippen LogP contribution in [0.15, 0.2) is 18.2 Å². The van der Waals surface area contributed by atoms with E-state index in [9.17, 15) is 10.2 Å². The molecule has 0 saturated heterocycles. The third-order valence-corrected chi connectivity index (χ3v) is 1.99. The van der Waals surface area contributed by atoms with Gasteiger partial charge in [-0.1, -0.05) is 12.1 Å². The average Bonchev–Trinajstić information content (AvgIpc) is 2.04. The number of hydrogen-bond acceptors (Lipinski definition) is 3. The summed E-state index contributed by atoms with van der Waals surface area (Å²) in [5.41, 5.74) is 6.83. The smallest absolute Gasteiger partial charge is 0.121 e. The summed E-state index contributed by atoms with van der Waals surface area (Å²) in [7, 11) is 0. The highest BCUT2D eigenvalue weighted by Crippen LogP contribution is 2.26. The molecular weight excluding hydrogens is 166 g/mol. The Labute approximate surface area is 77.8 Å². The Bertz CT molecular complexity index is 286. The molecule has 0 aromatic heterocycles. The summed E-state index contributed by atoms with van der Waals surface area (Å²) in [6.45, 7) is 2.30. The predicted molar refractivity (Wildman–Crippen MR) is 51.5 cm³/mol. The lowest BCUT2D eigenvalue weighted by Gasteiger charge is -2.11. The predicted octanol–water partition coefficient (Wildman–Crippen LogP) is 1.08. The summed E-state index contributed by atoms with van der Waals surface area (Å²) in [6.07, 6.45) is -0.193. The van der Waals surface area contributed by atoms with E-state index in [1.807, 2.05) is 13.0 Å². The summed E-state index contributed by atoms with van der Waals surface area (Å²) in [5, 5.41) is 19.0. The molecule has 3 nitrogen and oxygen atoms in total. The van der Waals surface area contributed by atoms with Crippen LogP contribution in [0.3, 0.4) is 0 Å². The summed E-state index contributed by atoms with van der Waals surface area (Å²) in [5.74, 6) is 0.140. The zero-order chi connectivity index (χ0) is 9.84. The number of hydrogen-bond donors (Lipinski definition) is 3. The van der Waals surface area contributed by atoms with Crippen molar-refractivity contribution in [1.82, 2.24) is 0 Å². The van der Waals surface area contributed by atoms with Gasteiger partial charge < -0.3 is 15.9 Å². The van der Waals surface area contributed by atoms with E-state index >= 15 is 0 Å². The van der Waals surface area contributed by atoms with Crippen molar-refractivity contribution in [3.8, 4) is 5.75 Å². The van der Waals surface area contributed by atoms with Crippen molar-refractivity contribution in [3.05, 3.63) is 29.3 Å². The van der Waals surface area contributed by atoms with Gasteiger partial charge in [-0.25, -0.2) is 0 Å². The molecule has 0 aliphatic heterocycles. The van der Waals surface area contributed by atoms with E-state index < -0.39 is 6.10 Å². The second-order valence-corrected chi connectivity index (χ2v) is 3.16. The first-order valence-corrected chi connectivity index (χ1v) is 4.33. The molecule has 0 radical (unpaired) electrons. The minimum atomic E-state index is -0.661. The van der Waals surface area contributed by atoms with Crippen LogP contribution in [0.5, 0.6) is 5.75 Å². The number of aliphatic hydroxyl groups excluding tert-OH is 1. The summed E-state index contributed by atoms with van der Waals surface area (Å²) < 4.78 is 0. The maximum absolute atomic E-state index is 9.55. The molecule has 1 unspecified atom stereocenters. The fraction of sp³-hybridized carbons (Fsp3) is 0.400. The lowest BCUT2D eigenvalue weighted by molar-refractivity contribution is 0.166. The van der Waals surface area contributed by atoms with Gasteiger partial charge >= 0.3 is 0 Å². The average molecular weight is 181 g/mol. The van der Waals surface area contributed by atoms with Gasteiger partial charge in [-0.15, -0.1) is 0 Å². The summed E-state index contributed by atoms with van der Waals surface area (Å²) in [6, 6.07) is 5.22. The van der Waals surface area contributed by atoms with Gasteiger partial charge in [0, 0.05) is 5.56 Å².